The number of carbonyl (C=O) groups is 2. The maximum absolute atomic E-state index is 12.6. The van der Waals surface area contributed by atoms with E-state index in [0.29, 0.717) is 27.3 Å². The van der Waals surface area contributed by atoms with Gasteiger partial charge in [0.1, 0.15) is 16.3 Å². The monoisotopic (exact) mass is 352 g/mol. The summed E-state index contributed by atoms with van der Waals surface area (Å²) >= 11 is 1.11. The first-order valence-corrected chi connectivity index (χ1v) is 8.48. The molecule has 2 heterocycles. The molecule has 24 heavy (non-hydrogen) atoms. The average Bonchev–Trinajstić information content (AvgIpc) is 2.86. The molecule has 0 spiro atoms. The molecule has 130 valence electrons. The number of rotatable bonds is 6. The van der Waals surface area contributed by atoms with E-state index in [-0.39, 0.29) is 24.6 Å². The van der Waals surface area contributed by atoms with Crippen LogP contribution in [0.15, 0.2) is 11.1 Å². The molecule has 0 aliphatic carbocycles. The number of esters is 2. The predicted octanol–water partition coefficient (Wildman–Crippen LogP) is 2.14. The van der Waals surface area contributed by atoms with E-state index in [1.165, 1.54) is 10.9 Å². The van der Waals surface area contributed by atoms with Gasteiger partial charge in [-0.1, -0.05) is 13.8 Å². The van der Waals surface area contributed by atoms with Crippen LogP contribution in [-0.2, 0) is 20.8 Å². The van der Waals surface area contributed by atoms with Crippen LogP contribution < -0.4 is 5.56 Å². The molecule has 7 nitrogen and oxygen atoms in total. The highest BCUT2D eigenvalue weighted by Gasteiger charge is 2.20. The quantitative estimate of drug-likeness (QED) is 0.740. The molecule has 8 heteroatoms. The molecule has 0 aliphatic heterocycles. The van der Waals surface area contributed by atoms with Gasteiger partial charge in [0.15, 0.2) is 0 Å². The molecule has 2 aromatic rings. The van der Waals surface area contributed by atoms with E-state index in [1.54, 1.807) is 13.8 Å². The second-order valence-corrected chi connectivity index (χ2v) is 6.71. The summed E-state index contributed by atoms with van der Waals surface area (Å²) in [4.78, 5) is 41.3. The normalized spacial score (nSPS) is 11.0. The Morgan fingerprint density at radius 3 is 2.67 bits per heavy atom. The molecule has 0 aliphatic rings. The van der Waals surface area contributed by atoms with Gasteiger partial charge in [-0.25, -0.2) is 9.78 Å². The van der Waals surface area contributed by atoms with Crippen molar-refractivity contribution in [2.75, 3.05) is 13.2 Å². The lowest BCUT2D eigenvalue weighted by atomic mass is 10.2. The van der Waals surface area contributed by atoms with Crippen LogP contribution in [0.3, 0.4) is 0 Å². The lowest BCUT2D eigenvalue weighted by molar-refractivity contribution is -0.145. The molecule has 2 aromatic heterocycles. The van der Waals surface area contributed by atoms with Crippen molar-refractivity contribution in [3.63, 3.8) is 0 Å². The topological polar surface area (TPSA) is 87.5 Å². The van der Waals surface area contributed by atoms with Crippen molar-refractivity contribution in [2.45, 2.75) is 34.2 Å². The summed E-state index contributed by atoms with van der Waals surface area (Å²) in [6.07, 6.45) is 1.30. The number of aromatic nitrogens is 2. The fraction of sp³-hybridized carbons (Fsp3) is 0.500. The van der Waals surface area contributed by atoms with Crippen molar-refractivity contribution in [2.24, 2.45) is 5.92 Å². The lowest BCUT2D eigenvalue weighted by Gasteiger charge is -2.08. The van der Waals surface area contributed by atoms with Gasteiger partial charge in [0, 0.05) is 0 Å². The van der Waals surface area contributed by atoms with Crippen LogP contribution in [0.1, 0.15) is 36.0 Å². The summed E-state index contributed by atoms with van der Waals surface area (Å²) in [5.74, 6) is -0.747. The third-order valence-electron chi connectivity index (χ3n) is 3.26. The highest BCUT2D eigenvalue weighted by molar-refractivity contribution is 7.20. The summed E-state index contributed by atoms with van der Waals surface area (Å²) < 4.78 is 11.3. The number of ether oxygens (including phenoxy) is 2. The Kier molecular flexibility index (Phi) is 5.71. The predicted molar refractivity (Wildman–Crippen MR) is 90.4 cm³/mol. The molecule has 0 N–H and O–H groups in total. The van der Waals surface area contributed by atoms with Gasteiger partial charge in [0.25, 0.3) is 5.56 Å². The molecule has 0 atom stereocenters. The van der Waals surface area contributed by atoms with Crippen LogP contribution in [0.25, 0.3) is 10.2 Å². The summed E-state index contributed by atoms with van der Waals surface area (Å²) in [5.41, 5.74) is 0.154. The Hall–Kier alpha value is -2.22. The lowest BCUT2D eigenvalue weighted by Crippen LogP contribution is -2.26. The first-order valence-electron chi connectivity index (χ1n) is 7.66. The van der Waals surface area contributed by atoms with Gasteiger partial charge in [0.05, 0.1) is 24.9 Å². The first-order chi connectivity index (χ1) is 11.3. The smallest absolute Gasteiger partial charge is 0.348 e. The molecule has 0 amide bonds. The van der Waals surface area contributed by atoms with E-state index < -0.39 is 11.9 Å². The van der Waals surface area contributed by atoms with Crippen molar-refractivity contribution >= 4 is 33.5 Å². The number of thiophene rings is 1. The highest BCUT2D eigenvalue weighted by atomic mass is 32.1. The average molecular weight is 352 g/mol. The largest absolute Gasteiger partial charge is 0.464 e. The van der Waals surface area contributed by atoms with Gasteiger partial charge in [-0.05, 0) is 25.3 Å². The van der Waals surface area contributed by atoms with Gasteiger partial charge in [-0.3, -0.25) is 14.2 Å². The molecule has 0 fully saturated rings. The third-order valence-corrected chi connectivity index (χ3v) is 4.44. The van der Waals surface area contributed by atoms with Crippen molar-refractivity contribution < 1.29 is 19.1 Å². The van der Waals surface area contributed by atoms with E-state index in [2.05, 4.69) is 4.98 Å². The van der Waals surface area contributed by atoms with Gasteiger partial charge >= 0.3 is 11.9 Å². The minimum Gasteiger partial charge on any atom is -0.464 e. The second-order valence-electron chi connectivity index (χ2n) is 5.71. The Morgan fingerprint density at radius 2 is 2.04 bits per heavy atom. The minimum absolute atomic E-state index is 0.210. The van der Waals surface area contributed by atoms with Crippen molar-refractivity contribution in [1.29, 1.82) is 0 Å². The van der Waals surface area contributed by atoms with Crippen LogP contribution >= 0.6 is 11.3 Å². The van der Waals surface area contributed by atoms with Crippen LogP contribution in [0.4, 0.5) is 0 Å². The summed E-state index contributed by atoms with van der Waals surface area (Å²) in [6.45, 7) is 7.60. The van der Waals surface area contributed by atoms with E-state index in [4.69, 9.17) is 9.47 Å². The zero-order valence-electron chi connectivity index (χ0n) is 14.1. The molecule has 0 aromatic carbocycles. The van der Waals surface area contributed by atoms with Crippen LogP contribution in [0, 0.1) is 12.8 Å². The van der Waals surface area contributed by atoms with E-state index >= 15 is 0 Å². The number of hydrogen-bond donors (Lipinski definition) is 0. The number of aryl methyl sites for hydroxylation is 1. The molecule has 0 radical (unpaired) electrons. The fourth-order valence-corrected chi connectivity index (χ4v) is 3.14. The zero-order chi connectivity index (χ0) is 17.9. The molecule has 2 rings (SSSR count). The van der Waals surface area contributed by atoms with Gasteiger partial charge < -0.3 is 9.47 Å². The Balaban J connectivity index is 2.33. The Morgan fingerprint density at radius 1 is 1.33 bits per heavy atom. The molecular weight excluding hydrogens is 332 g/mol. The molecule has 0 saturated carbocycles. The van der Waals surface area contributed by atoms with Gasteiger partial charge in [0.2, 0.25) is 0 Å². The van der Waals surface area contributed by atoms with E-state index in [0.717, 1.165) is 11.3 Å². The zero-order valence-corrected chi connectivity index (χ0v) is 14.9. The van der Waals surface area contributed by atoms with Crippen LogP contribution in [0.2, 0.25) is 0 Å². The summed E-state index contributed by atoms with van der Waals surface area (Å²) in [5, 5.41) is 0.335. The maximum Gasteiger partial charge on any atom is 0.348 e. The van der Waals surface area contributed by atoms with E-state index in [1.807, 2.05) is 13.8 Å². The van der Waals surface area contributed by atoms with Crippen LogP contribution in [-0.4, -0.2) is 34.7 Å². The first kappa shape index (κ1) is 18.1. The Labute approximate surface area is 143 Å². The van der Waals surface area contributed by atoms with Crippen molar-refractivity contribution in [1.82, 2.24) is 9.55 Å². The number of carbonyl (C=O) groups excluding carboxylic acids is 2. The molecule has 0 saturated heterocycles. The third kappa shape index (κ3) is 3.81. The van der Waals surface area contributed by atoms with Crippen molar-refractivity contribution in [3.8, 4) is 0 Å². The van der Waals surface area contributed by atoms with Crippen LogP contribution in [0.5, 0.6) is 0 Å². The number of hydrogen-bond acceptors (Lipinski definition) is 7. The molecular formula is C16H20N2O5S. The van der Waals surface area contributed by atoms with Gasteiger partial charge in [-0.15, -0.1) is 11.3 Å². The number of nitrogens with zero attached hydrogens (tertiary/aromatic N) is 2. The molecule has 0 unspecified atom stereocenters. The Bertz CT molecular complexity index is 822. The second kappa shape index (κ2) is 7.57. The SMILES string of the molecule is CCOC(=O)c1sc2ncn(CC(=O)OCC(C)C)c(=O)c2c1C. The summed E-state index contributed by atoms with van der Waals surface area (Å²) in [6, 6.07) is 0. The summed E-state index contributed by atoms with van der Waals surface area (Å²) in [7, 11) is 0. The highest BCUT2D eigenvalue weighted by Crippen LogP contribution is 2.27. The van der Waals surface area contributed by atoms with Gasteiger partial charge in [-0.2, -0.15) is 0 Å². The number of fused-ring (bicyclic) bond motifs is 1. The van der Waals surface area contributed by atoms with E-state index in [9.17, 15) is 14.4 Å². The van der Waals surface area contributed by atoms with Crippen molar-refractivity contribution in [3.05, 3.63) is 27.1 Å². The molecule has 0 bridgehead atoms. The fourth-order valence-electron chi connectivity index (χ4n) is 2.11. The standard InChI is InChI=1S/C16H20N2O5S/c1-5-22-16(21)13-10(4)12-14(24-13)17-8-18(15(12)20)6-11(19)23-7-9(2)3/h8-9H,5-7H2,1-4H3. The maximum atomic E-state index is 12.6. The minimum atomic E-state index is -0.495.